The molecule has 0 saturated carbocycles. The summed E-state index contributed by atoms with van der Waals surface area (Å²) in [7, 11) is 0. The van der Waals surface area contributed by atoms with Crippen LogP contribution in [0.1, 0.15) is 38.9 Å². The second-order valence-corrected chi connectivity index (χ2v) is 10.3. The Morgan fingerprint density at radius 1 is 0.848 bits per heavy atom. The molecule has 10 heteroatoms. The Labute approximate surface area is 261 Å². The van der Waals surface area contributed by atoms with Crippen LogP contribution in [0, 0.1) is 0 Å². The summed E-state index contributed by atoms with van der Waals surface area (Å²) in [6, 6.07) is 30.1. The van der Waals surface area contributed by atoms with E-state index in [9.17, 15) is 22.8 Å². The number of nitrogens with zero attached hydrogens (tertiary/aromatic N) is 1. The highest BCUT2D eigenvalue weighted by atomic mass is 19.4. The molecule has 6 rings (SSSR count). The molecule has 0 aliphatic rings. The van der Waals surface area contributed by atoms with Crippen molar-refractivity contribution in [3.8, 4) is 22.6 Å². The molecular formula is C36H26F3N3O4. The van der Waals surface area contributed by atoms with Gasteiger partial charge in [-0.3, -0.25) is 4.79 Å². The Hall–Kier alpha value is -5.90. The topological polar surface area (TPSA) is 92.8 Å². The average Bonchev–Trinajstić information content (AvgIpc) is 3.46. The monoisotopic (exact) mass is 621 g/mol. The van der Waals surface area contributed by atoms with Crippen LogP contribution in [-0.4, -0.2) is 29.7 Å². The molecule has 0 radical (unpaired) electrons. The van der Waals surface area contributed by atoms with E-state index in [-0.39, 0.29) is 23.7 Å². The van der Waals surface area contributed by atoms with E-state index < -0.39 is 23.6 Å². The number of ether oxygens (including phenoxy) is 2. The smallest absolute Gasteiger partial charge is 0.416 e. The van der Waals surface area contributed by atoms with E-state index in [1.807, 2.05) is 66.7 Å². The Balaban J connectivity index is 1.24. The summed E-state index contributed by atoms with van der Waals surface area (Å²) in [5, 5.41) is 7.06. The van der Waals surface area contributed by atoms with Crippen LogP contribution in [0.15, 0.2) is 114 Å². The molecule has 0 aliphatic carbocycles. The molecule has 0 bridgehead atoms. The van der Waals surface area contributed by atoms with Gasteiger partial charge < -0.3 is 14.5 Å². The number of nitrogens with one attached hydrogen (secondary N) is 2. The highest BCUT2D eigenvalue weighted by molar-refractivity contribution is 6.16. The zero-order chi connectivity index (χ0) is 32.3. The van der Waals surface area contributed by atoms with E-state index in [2.05, 4.69) is 15.5 Å². The molecule has 0 atom stereocenters. The summed E-state index contributed by atoms with van der Waals surface area (Å²) < 4.78 is 50.3. The molecule has 6 aromatic rings. The van der Waals surface area contributed by atoms with Gasteiger partial charge in [0.2, 0.25) is 0 Å². The number of aromatic amines is 1. The van der Waals surface area contributed by atoms with Gasteiger partial charge in [-0.25, -0.2) is 10.2 Å². The van der Waals surface area contributed by atoms with E-state index in [0.717, 1.165) is 51.0 Å². The SMILES string of the molecule is CCOc1cc(C=NNC(=O)c2[nH]c3c(ccc4ccccc43)c2-c2ccccc2)ccc1OC(=O)c1cccc(C(F)(F)F)c1. The van der Waals surface area contributed by atoms with Crippen LogP contribution in [0.5, 0.6) is 11.5 Å². The summed E-state index contributed by atoms with van der Waals surface area (Å²) in [6.45, 7) is 1.95. The number of rotatable bonds is 8. The molecule has 0 saturated heterocycles. The van der Waals surface area contributed by atoms with Crippen LogP contribution in [0.4, 0.5) is 13.2 Å². The van der Waals surface area contributed by atoms with Gasteiger partial charge in [0.15, 0.2) is 11.5 Å². The second-order valence-electron chi connectivity index (χ2n) is 10.3. The van der Waals surface area contributed by atoms with Gasteiger partial charge in [-0.1, -0.05) is 72.8 Å². The Bertz CT molecular complexity index is 2100. The van der Waals surface area contributed by atoms with Gasteiger partial charge in [0.25, 0.3) is 5.91 Å². The molecular weight excluding hydrogens is 595 g/mol. The van der Waals surface area contributed by atoms with Gasteiger partial charge in [0, 0.05) is 16.3 Å². The molecule has 0 spiro atoms. The summed E-state index contributed by atoms with van der Waals surface area (Å²) in [5.74, 6) is -1.23. The molecule has 0 unspecified atom stereocenters. The first-order valence-corrected chi connectivity index (χ1v) is 14.3. The van der Waals surface area contributed by atoms with Crippen molar-refractivity contribution in [2.75, 3.05) is 6.61 Å². The molecule has 2 N–H and O–H groups in total. The highest BCUT2D eigenvalue weighted by Gasteiger charge is 2.31. The van der Waals surface area contributed by atoms with Crippen molar-refractivity contribution in [3.05, 3.63) is 132 Å². The largest absolute Gasteiger partial charge is 0.490 e. The number of halogens is 3. The maximum Gasteiger partial charge on any atom is 0.416 e. The number of amides is 1. The lowest BCUT2D eigenvalue weighted by Crippen LogP contribution is -2.18. The van der Waals surface area contributed by atoms with Crippen LogP contribution in [0.3, 0.4) is 0 Å². The summed E-state index contributed by atoms with van der Waals surface area (Å²) in [4.78, 5) is 29.5. The molecule has 1 amide bonds. The molecule has 230 valence electrons. The summed E-state index contributed by atoms with van der Waals surface area (Å²) in [5.41, 5.74) is 4.68. The van der Waals surface area contributed by atoms with E-state index in [0.29, 0.717) is 11.3 Å². The first-order chi connectivity index (χ1) is 22.2. The first kappa shape index (κ1) is 30.1. The molecule has 7 nitrogen and oxygen atoms in total. The number of hydrogen-bond donors (Lipinski definition) is 2. The third kappa shape index (κ3) is 6.18. The van der Waals surface area contributed by atoms with Crippen molar-refractivity contribution in [1.29, 1.82) is 0 Å². The number of carbonyl (C=O) groups is 2. The fourth-order valence-corrected chi connectivity index (χ4v) is 5.17. The number of alkyl halides is 3. The third-order valence-corrected chi connectivity index (χ3v) is 7.26. The molecule has 0 fully saturated rings. The van der Waals surface area contributed by atoms with Crippen LogP contribution in [0.2, 0.25) is 0 Å². The van der Waals surface area contributed by atoms with Crippen LogP contribution in [-0.2, 0) is 6.18 Å². The van der Waals surface area contributed by atoms with Gasteiger partial charge in [0.1, 0.15) is 5.69 Å². The minimum absolute atomic E-state index is 0.0169. The van der Waals surface area contributed by atoms with Gasteiger partial charge >= 0.3 is 12.1 Å². The summed E-state index contributed by atoms with van der Waals surface area (Å²) in [6.07, 6.45) is -3.20. The van der Waals surface area contributed by atoms with E-state index in [4.69, 9.17) is 9.47 Å². The minimum atomic E-state index is -4.60. The zero-order valence-electron chi connectivity index (χ0n) is 24.4. The van der Waals surface area contributed by atoms with Crippen LogP contribution < -0.4 is 14.9 Å². The number of hydrogen-bond acceptors (Lipinski definition) is 5. The number of aromatic nitrogens is 1. The lowest BCUT2D eigenvalue weighted by molar-refractivity contribution is -0.137. The van der Waals surface area contributed by atoms with E-state index >= 15 is 0 Å². The van der Waals surface area contributed by atoms with Crippen molar-refractivity contribution >= 4 is 39.8 Å². The number of H-pyrrole nitrogens is 1. The first-order valence-electron chi connectivity index (χ1n) is 14.3. The van der Waals surface area contributed by atoms with Crippen molar-refractivity contribution in [3.63, 3.8) is 0 Å². The maximum absolute atomic E-state index is 13.5. The number of hydrazone groups is 1. The van der Waals surface area contributed by atoms with E-state index in [1.54, 1.807) is 19.1 Å². The van der Waals surface area contributed by atoms with Crippen LogP contribution >= 0.6 is 0 Å². The van der Waals surface area contributed by atoms with Gasteiger partial charge in [-0.15, -0.1) is 0 Å². The maximum atomic E-state index is 13.5. The Morgan fingerprint density at radius 3 is 2.41 bits per heavy atom. The fraction of sp³-hybridized carbons (Fsp3) is 0.0833. The van der Waals surface area contributed by atoms with E-state index in [1.165, 1.54) is 18.3 Å². The predicted molar refractivity (Wildman–Crippen MR) is 170 cm³/mol. The molecule has 5 aromatic carbocycles. The molecule has 1 heterocycles. The van der Waals surface area contributed by atoms with Gasteiger partial charge in [0.05, 0.1) is 29.5 Å². The normalized spacial score (nSPS) is 11.7. The number of esters is 1. The lowest BCUT2D eigenvalue weighted by Gasteiger charge is -2.12. The second kappa shape index (κ2) is 12.6. The van der Waals surface area contributed by atoms with Crippen molar-refractivity contribution in [2.24, 2.45) is 5.10 Å². The molecule has 46 heavy (non-hydrogen) atoms. The Morgan fingerprint density at radius 2 is 1.63 bits per heavy atom. The molecule has 1 aromatic heterocycles. The zero-order valence-corrected chi connectivity index (χ0v) is 24.4. The third-order valence-electron chi connectivity index (χ3n) is 7.26. The molecule has 0 aliphatic heterocycles. The summed E-state index contributed by atoms with van der Waals surface area (Å²) >= 11 is 0. The van der Waals surface area contributed by atoms with Gasteiger partial charge in [-0.05, 0) is 59.8 Å². The highest BCUT2D eigenvalue weighted by Crippen LogP contribution is 2.36. The number of fused-ring (bicyclic) bond motifs is 3. The van der Waals surface area contributed by atoms with Crippen molar-refractivity contribution in [1.82, 2.24) is 10.4 Å². The standard InChI is InChI=1S/C36H26F3N3O4/c1-2-45-30-19-22(15-18-29(30)46-35(44)25-12-8-13-26(20-25)36(37,38)39)21-40-42-34(43)33-31(24-10-4-3-5-11-24)28-17-16-23-9-6-7-14-27(23)32(28)41-33/h3-21,41H,2H2,1H3,(H,42,43). The quantitative estimate of drug-likeness (QED) is 0.0773. The van der Waals surface area contributed by atoms with Crippen molar-refractivity contribution < 1.29 is 32.2 Å². The lowest BCUT2D eigenvalue weighted by atomic mass is 9.99. The predicted octanol–water partition coefficient (Wildman–Crippen LogP) is 8.39. The number of benzene rings is 5. The minimum Gasteiger partial charge on any atom is -0.490 e. The Kier molecular flexibility index (Phi) is 8.26. The van der Waals surface area contributed by atoms with Crippen molar-refractivity contribution in [2.45, 2.75) is 13.1 Å². The average molecular weight is 622 g/mol. The fourth-order valence-electron chi connectivity index (χ4n) is 5.17. The van der Waals surface area contributed by atoms with Gasteiger partial charge in [-0.2, -0.15) is 18.3 Å². The van der Waals surface area contributed by atoms with Crippen LogP contribution in [0.25, 0.3) is 32.8 Å². The number of carbonyl (C=O) groups excluding carboxylic acids is 2.